The standard InChI is InChI=1S/C32H44N4O5S/c1-6-20(3)14-26(15-23(7-2)29-17-30(35-41-29)40-13-12-37)36-18-27(38)16-28(36)32(39)34-21(4)24-8-10-25(11-9-24)31-22(5)33-19-42-31/h8-12,17,19-21,23,26-28,38H,6-7,13-16,18H2,1-5H3,(H,34,39)/t20?,21?,23?,26?,27-,28+/m1/s1. The minimum atomic E-state index is -0.564. The lowest BCUT2D eigenvalue weighted by molar-refractivity contribution is -0.127. The number of rotatable bonds is 15. The first kappa shape index (κ1) is 31.8. The quantitative estimate of drug-likeness (QED) is 0.215. The van der Waals surface area contributed by atoms with Crippen molar-refractivity contribution in [2.45, 2.75) is 96.9 Å². The van der Waals surface area contributed by atoms with Crippen LogP contribution in [0.5, 0.6) is 5.88 Å². The van der Waals surface area contributed by atoms with Gasteiger partial charge in [0.1, 0.15) is 12.4 Å². The van der Waals surface area contributed by atoms with Crippen LogP contribution in [0, 0.1) is 12.8 Å². The summed E-state index contributed by atoms with van der Waals surface area (Å²) < 4.78 is 10.9. The summed E-state index contributed by atoms with van der Waals surface area (Å²) in [6.07, 6.45) is 4.03. The molecule has 2 N–H and O–H groups in total. The van der Waals surface area contributed by atoms with Crippen molar-refractivity contribution in [2.24, 2.45) is 5.92 Å². The molecule has 0 aliphatic carbocycles. The number of nitrogens with zero attached hydrogens (tertiary/aromatic N) is 3. The number of aldehydes is 1. The van der Waals surface area contributed by atoms with Crippen molar-refractivity contribution in [1.82, 2.24) is 20.4 Å². The summed E-state index contributed by atoms with van der Waals surface area (Å²) in [5, 5.41) is 17.9. The van der Waals surface area contributed by atoms with Crippen LogP contribution in [0.25, 0.3) is 10.4 Å². The smallest absolute Gasteiger partial charge is 0.254 e. The molecule has 4 unspecified atom stereocenters. The van der Waals surface area contributed by atoms with E-state index in [9.17, 15) is 14.7 Å². The van der Waals surface area contributed by atoms with E-state index in [1.165, 1.54) is 0 Å². The van der Waals surface area contributed by atoms with Gasteiger partial charge in [0.2, 0.25) is 5.91 Å². The summed E-state index contributed by atoms with van der Waals surface area (Å²) >= 11 is 1.62. The fourth-order valence-electron chi connectivity index (χ4n) is 5.86. The van der Waals surface area contributed by atoms with E-state index in [2.05, 4.69) is 65.4 Å². The summed E-state index contributed by atoms with van der Waals surface area (Å²) in [6.45, 7) is 10.9. The summed E-state index contributed by atoms with van der Waals surface area (Å²) in [7, 11) is 0. The van der Waals surface area contributed by atoms with E-state index in [1.54, 1.807) is 17.4 Å². The van der Waals surface area contributed by atoms with E-state index in [4.69, 9.17) is 9.26 Å². The van der Waals surface area contributed by atoms with Gasteiger partial charge in [0, 0.05) is 24.6 Å². The molecule has 1 fully saturated rings. The molecule has 42 heavy (non-hydrogen) atoms. The number of thiazole rings is 1. The van der Waals surface area contributed by atoms with E-state index >= 15 is 0 Å². The molecule has 3 heterocycles. The minimum absolute atomic E-state index is 0.0567. The van der Waals surface area contributed by atoms with Crippen LogP contribution >= 0.6 is 11.3 Å². The first-order valence-corrected chi connectivity index (χ1v) is 15.9. The lowest BCUT2D eigenvalue weighted by Gasteiger charge is -2.36. The average Bonchev–Trinajstić information content (AvgIpc) is 3.74. The van der Waals surface area contributed by atoms with Gasteiger partial charge >= 0.3 is 0 Å². The van der Waals surface area contributed by atoms with E-state index < -0.39 is 12.1 Å². The highest BCUT2D eigenvalue weighted by Gasteiger charge is 2.41. The number of carbonyl (C=O) groups is 2. The zero-order valence-electron chi connectivity index (χ0n) is 25.3. The highest BCUT2D eigenvalue weighted by atomic mass is 32.1. The molecule has 1 saturated heterocycles. The second-order valence-corrected chi connectivity index (χ2v) is 12.4. The Bertz CT molecular complexity index is 1290. The zero-order valence-corrected chi connectivity index (χ0v) is 26.1. The maximum atomic E-state index is 13.7. The molecule has 0 radical (unpaired) electrons. The van der Waals surface area contributed by atoms with Crippen molar-refractivity contribution in [1.29, 1.82) is 0 Å². The molecule has 0 bridgehead atoms. The van der Waals surface area contributed by atoms with Crippen LogP contribution in [-0.4, -0.2) is 63.7 Å². The van der Waals surface area contributed by atoms with Gasteiger partial charge in [-0.1, -0.05) is 51.5 Å². The Morgan fingerprint density at radius 3 is 2.64 bits per heavy atom. The Balaban J connectivity index is 1.48. The monoisotopic (exact) mass is 596 g/mol. The molecule has 1 amide bonds. The van der Waals surface area contributed by atoms with Gasteiger partial charge in [-0.05, 0) is 61.7 Å². The summed E-state index contributed by atoms with van der Waals surface area (Å²) in [5.41, 5.74) is 5.02. The second kappa shape index (κ2) is 14.9. The van der Waals surface area contributed by atoms with E-state index in [1.807, 2.05) is 19.4 Å². The van der Waals surface area contributed by atoms with Crippen LogP contribution in [0.15, 0.2) is 40.4 Å². The summed E-state index contributed by atoms with van der Waals surface area (Å²) in [4.78, 5) is 32.1. The van der Waals surface area contributed by atoms with Crippen LogP contribution in [-0.2, 0) is 9.59 Å². The predicted octanol–water partition coefficient (Wildman–Crippen LogP) is 5.69. The zero-order chi connectivity index (χ0) is 30.2. The lowest BCUT2D eigenvalue weighted by atomic mass is 9.88. The molecule has 4 rings (SSSR count). The molecule has 3 aromatic rings. The molecule has 6 atom stereocenters. The van der Waals surface area contributed by atoms with Crippen molar-refractivity contribution < 1.29 is 24.0 Å². The number of carbonyl (C=O) groups excluding carboxylic acids is 2. The van der Waals surface area contributed by atoms with Gasteiger partial charge in [0.15, 0.2) is 6.29 Å². The molecular formula is C32H44N4O5S. The SMILES string of the molecule is CCC(C)CC(CC(CC)c1cc(OCC=O)no1)N1C[C@H](O)C[C@H]1C(=O)NC(C)c1ccc(-c2scnc2C)cc1. The molecule has 1 aromatic carbocycles. The first-order chi connectivity index (χ1) is 20.2. The first-order valence-electron chi connectivity index (χ1n) is 15.0. The van der Waals surface area contributed by atoms with Gasteiger partial charge in [0.05, 0.1) is 34.3 Å². The Morgan fingerprint density at radius 1 is 1.24 bits per heavy atom. The Morgan fingerprint density at radius 2 is 2.00 bits per heavy atom. The highest BCUT2D eigenvalue weighted by Crippen LogP contribution is 2.35. The molecule has 0 saturated carbocycles. The van der Waals surface area contributed by atoms with Gasteiger partial charge in [0.25, 0.3) is 5.88 Å². The van der Waals surface area contributed by atoms with E-state index in [0.717, 1.165) is 47.4 Å². The normalized spacial score (nSPS) is 20.1. The number of hydrogen-bond acceptors (Lipinski definition) is 9. The summed E-state index contributed by atoms with van der Waals surface area (Å²) in [5.74, 6) is 1.45. The molecule has 10 heteroatoms. The van der Waals surface area contributed by atoms with Crippen LogP contribution in [0.2, 0.25) is 0 Å². The lowest BCUT2D eigenvalue weighted by Crippen LogP contribution is -2.49. The van der Waals surface area contributed by atoms with Crippen LogP contribution in [0.3, 0.4) is 0 Å². The number of aryl methyl sites for hydroxylation is 1. The van der Waals surface area contributed by atoms with E-state index in [0.29, 0.717) is 36.8 Å². The second-order valence-electron chi connectivity index (χ2n) is 11.5. The Kier molecular flexibility index (Phi) is 11.3. The minimum Gasteiger partial charge on any atom is -0.468 e. The van der Waals surface area contributed by atoms with Crippen molar-refractivity contribution in [3.8, 4) is 16.3 Å². The van der Waals surface area contributed by atoms with Crippen LogP contribution in [0.1, 0.15) is 88.8 Å². The van der Waals surface area contributed by atoms with Gasteiger partial charge in [-0.25, -0.2) is 4.98 Å². The summed E-state index contributed by atoms with van der Waals surface area (Å²) in [6, 6.07) is 9.50. The van der Waals surface area contributed by atoms with Gasteiger partial charge in [-0.3, -0.25) is 14.5 Å². The maximum absolute atomic E-state index is 13.7. The number of hydrogen-bond donors (Lipinski definition) is 2. The number of likely N-dealkylation sites (tertiary alicyclic amines) is 1. The van der Waals surface area contributed by atoms with Gasteiger partial charge in [-0.2, -0.15) is 0 Å². The van der Waals surface area contributed by atoms with Crippen molar-refractivity contribution in [3.05, 3.63) is 52.9 Å². The third-order valence-corrected chi connectivity index (χ3v) is 9.47. The van der Waals surface area contributed by atoms with Crippen molar-refractivity contribution in [2.75, 3.05) is 13.2 Å². The van der Waals surface area contributed by atoms with Gasteiger partial charge in [-0.15, -0.1) is 11.3 Å². The molecule has 228 valence electrons. The number of ether oxygens (including phenoxy) is 1. The van der Waals surface area contributed by atoms with Crippen molar-refractivity contribution in [3.63, 3.8) is 0 Å². The Labute approximate surface area is 252 Å². The highest BCUT2D eigenvalue weighted by molar-refractivity contribution is 7.13. The van der Waals surface area contributed by atoms with Crippen LogP contribution in [0.4, 0.5) is 0 Å². The average molecular weight is 597 g/mol. The molecule has 2 aromatic heterocycles. The third-order valence-electron chi connectivity index (χ3n) is 8.50. The number of β-amino-alcohol motifs (C(OH)–C–C–N with tert-alkyl or cyclic N) is 1. The number of benzene rings is 1. The number of nitrogens with one attached hydrogen (secondary N) is 1. The number of aromatic nitrogens is 2. The van der Waals surface area contributed by atoms with Crippen LogP contribution < -0.4 is 10.1 Å². The molecule has 0 spiro atoms. The Hall–Kier alpha value is -3.08. The number of aliphatic hydroxyl groups excluding tert-OH is 1. The molecular weight excluding hydrogens is 552 g/mol. The molecule has 1 aliphatic rings. The number of amides is 1. The number of aliphatic hydroxyl groups is 1. The fourth-order valence-corrected chi connectivity index (χ4v) is 6.67. The largest absolute Gasteiger partial charge is 0.468 e. The van der Waals surface area contributed by atoms with Crippen molar-refractivity contribution >= 4 is 23.5 Å². The predicted molar refractivity (Wildman–Crippen MR) is 164 cm³/mol. The van der Waals surface area contributed by atoms with Gasteiger partial charge < -0.3 is 19.7 Å². The molecule has 9 nitrogen and oxygen atoms in total. The fraction of sp³-hybridized carbons (Fsp3) is 0.562. The topological polar surface area (TPSA) is 118 Å². The van der Waals surface area contributed by atoms with E-state index in [-0.39, 0.29) is 30.5 Å². The third kappa shape index (κ3) is 7.85. The molecule has 1 aliphatic heterocycles. The maximum Gasteiger partial charge on any atom is 0.254 e.